The van der Waals surface area contributed by atoms with Crippen LogP contribution < -0.4 is 10.1 Å². The molecule has 0 aromatic heterocycles. The van der Waals surface area contributed by atoms with Crippen LogP contribution in [0, 0.1) is 0 Å². The Morgan fingerprint density at radius 2 is 2.10 bits per heavy atom. The number of ether oxygens (including phenoxy) is 1. The van der Waals surface area contributed by atoms with E-state index in [-0.39, 0.29) is 11.4 Å². The van der Waals surface area contributed by atoms with E-state index in [2.05, 4.69) is 24.1 Å². The first-order valence-corrected chi connectivity index (χ1v) is 7.36. The van der Waals surface area contributed by atoms with Crippen LogP contribution in [0.15, 0.2) is 18.2 Å². The van der Waals surface area contributed by atoms with Gasteiger partial charge in [-0.1, -0.05) is 0 Å². The summed E-state index contributed by atoms with van der Waals surface area (Å²) < 4.78 is 5.90. The van der Waals surface area contributed by atoms with Gasteiger partial charge in [-0.15, -0.1) is 0 Å². The monoisotopic (exact) mass is 274 g/mol. The molecule has 1 aromatic rings. The molecule has 0 unspecified atom stereocenters. The van der Waals surface area contributed by atoms with E-state index in [1.807, 2.05) is 18.2 Å². The van der Waals surface area contributed by atoms with Crippen LogP contribution in [0.3, 0.4) is 0 Å². The Kier molecular flexibility index (Phi) is 3.42. The molecule has 1 N–H and O–H groups in total. The number of carbonyl (C=O) groups excluding carboxylic acids is 1. The number of ketones is 1. The van der Waals surface area contributed by atoms with Crippen LogP contribution in [0.2, 0.25) is 0 Å². The SMILES string of the molecule is CC1(C)CNc2cc(C(=O)CN3CCCC3)ccc2O1. The molecule has 0 aliphatic carbocycles. The Morgan fingerprint density at radius 1 is 1.35 bits per heavy atom. The Balaban J connectivity index is 1.73. The summed E-state index contributed by atoms with van der Waals surface area (Å²) in [6.07, 6.45) is 2.42. The zero-order valence-electron chi connectivity index (χ0n) is 12.2. The van der Waals surface area contributed by atoms with Crippen LogP contribution in [0.5, 0.6) is 5.75 Å². The largest absolute Gasteiger partial charge is 0.484 e. The fraction of sp³-hybridized carbons (Fsp3) is 0.562. The maximum Gasteiger partial charge on any atom is 0.176 e. The van der Waals surface area contributed by atoms with E-state index >= 15 is 0 Å². The molecule has 2 heterocycles. The Labute approximate surface area is 120 Å². The summed E-state index contributed by atoms with van der Waals surface area (Å²) in [6.45, 7) is 7.48. The second kappa shape index (κ2) is 5.09. The molecule has 3 rings (SSSR count). The number of carbonyl (C=O) groups is 1. The number of fused-ring (bicyclic) bond motifs is 1. The minimum Gasteiger partial charge on any atom is -0.484 e. The first kappa shape index (κ1) is 13.4. The van der Waals surface area contributed by atoms with Crippen molar-refractivity contribution in [1.82, 2.24) is 4.90 Å². The summed E-state index contributed by atoms with van der Waals surface area (Å²) in [5, 5.41) is 3.35. The summed E-state index contributed by atoms with van der Waals surface area (Å²) in [5.74, 6) is 1.03. The lowest BCUT2D eigenvalue weighted by molar-refractivity contribution is 0.0945. The van der Waals surface area contributed by atoms with Gasteiger partial charge in [0.1, 0.15) is 11.4 Å². The van der Waals surface area contributed by atoms with Gasteiger partial charge in [0.05, 0.1) is 18.8 Å². The van der Waals surface area contributed by atoms with Gasteiger partial charge >= 0.3 is 0 Å². The summed E-state index contributed by atoms with van der Waals surface area (Å²) in [4.78, 5) is 14.5. The van der Waals surface area contributed by atoms with Gasteiger partial charge in [0, 0.05) is 5.56 Å². The number of rotatable bonds is 3. The molecule has 0 saturated carbocycles. The lowest BCUT2D eigenvalue weighted by atomic mass is 10.0. The van der Waals surface area contributed by atoms with Crippen LogP contribution in [0.1, 0.15) is 37.0 Å². The van der Waals surface area contributed by atoms with Gasteiger partial charge in [0.2, 0.25) is 0 Å². The van der Waals surface area contributed by atoms with Crippen LogP contribution in [0.25, 0.3) is 0 Å². The van der Waals surface area contributed by atoms with Gasteiger partial charge in [-0.05, 0) is 58.0 Å². The predicted molar refractivity (Wildman–Crippen MR) is 79.6 cm³/mol. The van der Waals surface area contributed by atoms with Crippen molar-refractivity contribution < 1.29 is 9.53 Å². The highest BCUT2D eigenvalue weighted by molar-refractivity contribution is 5.98. The zero-order valence-corrected chi connectivity index (χ0v) is 12.2. The molecule has 0 amide bonds. The van der Waals surface area contributed by atoms with Crippen molar-refractivity contribution in [3.63, 3.8) is 0 Å². The Hall–Kier alpha value is -1.55. The number of hydrogen-bond donors (Lipinski definition) is 1. The second-order valence-electron chi connectivity index (χ2n) is 6.33. The molecule has 1 fully saturated rings. The highest BCUT2D eigenvalue weighted by Gasteiger charge is 2.27. The molecule has 1 aromatic carbocycles. The van der Waals surface area contributed by atoms with E-state index in [1.54, 1.807) is 0 Å². The summed E-state index contributed by atoms with van der Waals surface area (Å²) in [7, 11) is 0. The van der Waals surface area contributed by atoms with Crippen molar-refractivity contribution >= 4 is 11.5 Å². The zero-order chi connectivity index (χ0) is 14.2. The van der Waals surface area contributed by atoms with E-state index < -0.39 is 0 Å². The molecule has 4 nitrogen and oxygen atoms in total. The van der Waals surface area contributed by atoms with Gasteiger partial charge < -0.3 is 10.1 Å². The lowest BCUT2D eigenvalue weighted by Crippen LogP contribution is -2.40. The number of benzene rings is 1. The first-order chi connectivity index (χ1) is 9.53. The number of nitrogens with one attached hydrogen (secondary N) is 1. The molecule has 0 atom stereocenters. The fourth-order valence-electron chi connectivity index (χ4n) is 2.81. The summed E-state index contributed by atoms with van der Waals surface area (Å²) >= 11 is 0. The van der Waals surface area contributed by atoms with E-state index in [9.17, 15) is 4.79 Å². The molecule has 4 heteroatoms. The number of anilines is 1. The maximum atomic E-state index is 12.3. The molecule has 0 spiro atoms. The fourth-order valence-corrected chi connectivity index (χ4v) is 2.81. The first-order valence-electron chi connectivity index (χ1n) is 7.36. The van der Waals surface area contributed by atoms with Crippen molar-refractivity contribution in [3.8, 4) is 5.75 Å². The molecular weight excluding hydrogens is 252 g/mol. The quantitative estimate of drug-likeness (QED) is 0.860. The van der Waals surface area contributed by atoms with Crippen molar-refractivity contribution in [2.45, 2.75) is 32.3 Å². The van der Waals surface area contributed by atoms with Crippen LogP contribution in [-0.4, -0.2) is 42.5 Å². The predicted octanol–water partition coefficient (Wildman–Crippen LogP) is 2.55. The molecule has 2 aliphatic heterocycles. The molecular formula is C16H22N2O2. The highest BCUT2D eigenvalue weighted by Crippen LogP contribution is 2.33. The van der Waals surface area contributed by atoms with Gasteiger partial charge in [-0.25, -0.2) is 0 Å². The van der Waals surface area contributed by atoms with E-state index in [4.69, 9.17) is 4.74 Å². The molecule has 108 valence electrons. The third-order valence-corrected chi connectivity index (χ3v) is 3.96. The van der Waals surface area contributed by atoms with Gasteiger partial charge in [-0.2, -0.15) is 0 Å². The van der Waals surface area contributed by atoms with Gasteiger partial charge in [-0.3, -0.25) is 9.69 Å². The topological polar surface area (TPSA) is 41.6 Å². The number of hydrogen-bond acceptors (Lipinski definition) is 4. The smallest absolute Gasteiger partial charge is 0.176 e. The molecule has 2 aliphatic rings. The van der Waals surface area contributed by atoms with Gasteiger partial charge in [0.15, 0.2) is 5.78 Å². The summed E-state index contributed by atoms with van der Waals surface area (Å²) in [5.41, 5.74) is 1.50. The third kappa shape index (κ3) is 2.80. The van der Waals surface area contributed by atoms with Crippen molar-refractivity contribution in [1.29, 1.82) is 0 Å². The standard InChI is InChI=1S/C16H22N2O2/c1-16(2)11-17-13-9-12(5-6-15(13)20-16)14(19)10-18-7-3-4-8-18/h5-6,9,17H,3-4,7-8,10-11H2,1-2H3. The highest BCUT2D eigenvalue weighted by atomic mass is 16.5. The lowest BCUT2D eigenvalue weighted by Gasteiger charge is -2.33. The maximum absolute atomic E-state index is 12.3. The normalized spacial score (nSPS) is 20.9. The van der Waals surface area contributed by atoms with Crippen LogP contribution in [-0.2, 0) is 0 Å². The van der Waals surface area contributed by atoms with Gasteiger partial charge in [0.25, 0.3) is 0 Å². The number of likely N-dealkylation sites (tertiary alicyclic amines) is 1. The second-order valence-corrected chi connectivity index (χ2v) is 6.33. The Morgan fingerprint density at radius 3 is 2.85 bits per heavy atom. The van der Waals surface area contributed by atoms with Crippen molar-refractivity contribution in [3.05, 3.63) is 23.8 Å². The number of nitrogens with zero attached hydrogens (tertiary/aromatic N) is 1. The number of Topliss-reactive ketones (excluding diaryl/α,β-unsaturated/α-hetero) is 1. The molecule has 20 heavy (non-hydrogen) atoms. The van der Waals surface area contributed by atoms with E-state index in [0.29, 0.717) is 6.54 Å². The average Bonchev–Trinajstić information content (AvgIpc) is 2.90. The average molecular weight is 274 g/mol. The summed E-state index contributed by atoms with van der Waals surface area (Å²) in [6, 6.07) is 5.70. The third-order valence-electron chi connectivity index (χ3n) is 3.96. The minimum atomic E-state index is -0.200. The molecule has 0 radical (unpaired) electrons. The van der Waals surface area contributed by atoms with Crippen LogP contribution >= 0.6 is 0 Å². The molecule has 0 bridgehead atoms. The van der Waals surface area contributed by atoms with Crippen molar-refractivity contribution in [2.75, 3.05) is 31.5 Å². The molecule has 1 saturated heterocycles. The van der Waals surface area contributed by atoms with E-state index in [0.717, 1.165) is 36.6 Å². The van der Waals surface area contributed by atoms with Crippen molar-refractivity contribution in [2.24, 2.45) is 0 Å². The Bertz CT molecular complexity index is 519. The minimum absolute atomic E-state index is 0.196. The van der Waals surface area contributed by atoms with E-state index in [1.165, 1.54) is 12.8 Å². The van der Waals surface area contributed by atoms with Crippen LogP contribution in [0.4, 0.5) is 5.69 Å².